The summed E-state index contributed by atoms with van der Waals surface area (Å²) in [6.07, 6.45) is 24.6. The maximum Gasteiger partial charge on any atom is 2.00 e. The van der Waals surface area contributed by atoms with Crippen LogP contribution in [0.3, 0.4) is 0 Å². The molecule has 0 saturated heterocycles. The van der Waals surface area contributed by atoms with Crippen molar-refractivity contribution >= 4 is 18.9 Å². The van der Waals surface area contributed by atoms with E-state index in [1.54, 1.807) is 0 Å². The predicted molar refractivity (Wildman–Crippen MR) is 163 cm³/mol. The number of hydrogen-bond acceptors (Lipinski definition) is 4. The molecule has 2 radical (unpaired) electrons. The molecule has 0 aromatic carbocycles. The van der Waals surface area contributed by atoms with Crippen LogP contribution in [-0.4, -0.2) is 58.9 Å². The summed E-state index contributed by atoms with van der Waals surface area (Å²) in [5, 5.41) is 0. The summed E-state index contributed by atoms with van der Waals surface area (Å²) < 4.78 is 21.8. The van der Waals surface area contributed by atoms with Gasteiger partial charge in [-0.25, -0.2) is 0 Å². The smallest absolute Gasteiger partial charge is 0.355 e. The molecule has 0 spiro atoms. The van der Waals surface area contributed by atoms with Crippen LogP contribution in [0.15, 0.2) is 0 Å². The van der Waals surface area contributed by atoms with Crippen LogP contribution in [0.25, 0.3) is 0 Å². The van der Waals surface area contributed by atoms with E-state index in [1.807, 2.05) is 0 Å². The Hall–Kier alpha value is 0.957. The van der Waals surface area contributed by atoms with Crippen LogP contribution in [0.2, 0.25) is 0 Å². The maximum atomic E-state index is 5.46. The van der Waals surface area contributed by atoms with E-state index in [2.05, 4.69) is 54.4 Å². The number of ether oxygens (including phenoxy) is 4. The molecule has 0 aliphatic rings. The van der Waals surface area contributed by atoms with Gasteiger partial charge in [-0.15, -0.1) is 0 Å². The minimum Gasteiger partial charge on any atom is -0.355 e. The van der Waals surface area contributed by atoms with E-state index in [9.17, 15) is 0 Å². The van der Waals surface area contributed by atoms with E-state index in [4.69, 9.17) is 18.9 Å². The van der Waals surface area contributed by atoms with Crippen LogP contribution in [-0.2, 0) is 36.0 Å². The van der Waals surface area contributed by atoms with Crippen molar-refractivity contribution in [2.24, 2.45) is 11.8 Å². The van der Waals surface area contributed by atoms with Crippen molar-refractivity contribution in [3.05, 3.63) is 12.8 Å². The van der Waals surface area contributed by atoms with Gasteiger partial charge in [-0.3, -0.25) is 0 Å². The summed E-state index contributed by atoms with van der Waals surface area (Å²) in [5.41, 5.74) is 0. The molecule has 0 amide bonds. The monoisotopic (exact) mass is 584 g/mol. The molecule has 0 aromatic rings. The first-order valence-corrected chi connectivity index (χ1v) is 15.5. The van der Waals surface area contributed by atoms with E-state index < -0.39 is 0 Å². The van der Waals surface area contributed by atoms with Gasteiger partial charge >= 0.3 is 17.1 Å². The Bertz CT molecular complexity index is 343. The van der Waals surface area contributed by atoms with Crippen molar-refractivity contribution in [3.8, 4) is 0 Å². The summed E-state index contributed by atoms with van der Waals surface area (Å²) in [4.78, 5) is 0. The molecular weight excluding hydrogens is 519 g/mol. The molecule has 2 atom stereocenters. The molecular formula is C32H66CuLiO4. The molecule has 2 unspecified atom stereocenters. The van der Waals surface area contributed by atoms with E-state index in [0.29, 0.717) is 13.6 Å². The summed E-state index contributed by atoms with van der Waals surface area (Å²) in [6, 6.07) is 0. The largest absolute Gasteiger partial charge is 2.00 e. The van der Waals surface area contributed by atoms with Crippen LogP contribution in [0.5, 0.6) is 0 Å². The molecule has 0 bridgehead atoms. The summed E-state index contributed by atoms with van der Waals surface area (Å²) in [5.74, 6) is 1.58. The zero-order chi connectivity index (χ0) is 27.0. The standard InChI is InChI=1S/2C16H33O2.Cu.Li/c2*1-4-6-7-8-9-13-17-15-18-14-10-12-16(3)11-5-2;;/h2*5,16H,4,6-15H2,1-3H3;;/q2*-1;+2;. The average molecular weight is 585 g/mol. The molecule has 38 heavy (non-hydrogen) atoms. The SMILES string of the molecule is C[CH-]CC(C)CCCOCOCCCCCCC.C[CH-]CC(C)CCCOCOCCCCCCC.[Cu+2].[Li]. The number of hydrogen-bond donors (Lipinski definition) is 0. The molecule has 0 aliphatic carbocycles. The van der Waals surface area contributed by atoms with Gasteiger partial charge in [0.2, 0.25) is 0 Å². The third-order valence-electron chi connectivity index (χ3n) is 6.37. The minimum absolute atomic E-state index is 0. The first kappa shape index (κ1) is 45.9. The van der Waals surface area contributed by atoms with Crippen molar-refractivity contribution < 1.29 is 36.0 Å². The molecule has 0 aromatic heterocycles. The van der Waals surface area contributed by atoms with Gasteiger partial charge in [0.15, 0.2) is 0 Å². The Morgan fingerprint density at radius 2 is 0.816 bits per heavy atom. The maximum absolute atomic E-state index is 5.46. The Morgan fingerprint density at radius 1 is 0.500 bits per heavy atom. The van der Waals surface area contributed by atoms with Gasteiger partial charge in [0.1, 0.15) is 13.6 Å². The molecule has 6 heteroatoms. The first-order valence-electron chi connectivity index (χ1n) is 15.5. The fraction of sp³-hybridized carbons (Fsp3) is 0.938. The van der Waals surface area contributed by atoms with Crippen molar-refractivity contribution in [3.63, 3.8) is 0 Å². The topological polar surface area (TPSA) is 36.9 Å². The van der Waals surface area contributed by atoms with E-state index in [-0.39, 0.29) is 35.9 Å². The molecule has 0 N–H and O–H groups in total. The summed E-state index contributed by atoms with van der Waals surface area (Å²) in [7, 11) is 0. The van der Waals surface area contributed by atoms with E-state index in [1.165, 1.54) is 89.9 Å². The summed E-state index contributed by atoms with van der Waals surface area (Å²) >= 11 is 0. The van der Waals surface area contributed by atoms with Gasteiger partial charge in [0, 0.05) is 45.3 Å². The van der Waals surface area contributed by atoms with Gasteiger partial charge in [0.25, 0.3) is 0 Å². The molecule has 230 valence electrons. The Kier molecular flexibility index (Phi) is 51.3. The Balaban J connectivity index is -0.000000289. The molecule has 0 aliphatic heterocycles. The fourth-order valence-corrected chi connectivity index (χ4v) is 4.08. The Labute approximate surface area is 262 Å². The molecule has 0 fully saturated rings. The molecule has 0 heterocycles. The zero-order valence-electron chi connectivity index (χ0n) is 26.8. The van der Waals surface area contributed by atoms with Crippen molar-refractivity contribution in [1.82, 2.24) is 0 Å². The van der Waals surface area contributed by atoms with Gasteiger partial charge in [-0.2, -0.15) is 26.7 Å². The minimum atomic E-state index is 0. The second-order valence-electron chi connectivity index (χ2n) is 10.5. The van der Waals surface area contributed by atoms with Crippen LogP contribution in [0, 0.1) is 24.7 Å². The van der Waals surface area contributed by atoms with Gasteiger partial charge < -0.3 is 31.8 Å². The van der Waals surface area contributed by atoms with Gasteiger partial charge in [-0.05, 0) is 25.7 Å². The normalized spacial score (nSPS) is 12.2. The van der Waals surface area contributed by atoms with Gasteiger partial charge in [0.05, 0.1) is 0 Å². The summed E-state index contributed by atoms with van der Waals surface area (Å²) in [6.45, 7) is 17.7. The van der Waals surface area contributed by atoms with Crippen molar-refractivity contribution in [1.29, 1.82) is 0 Å². The quantitative estimate of drug-likeness (QED) is 0.0397. The molecule has 0 rings (SSSR count). The third-order valence-corrected chi connectivity index (χ3v) is 6.37. The predicted octanol–water partition coefficient (Wildman–Crippen LogP) is 9.57. The van der Waals surface area contributed by atoms with Crippen molar-refractivity contribution in [2.75, 3.05) is 40.0 Å². The third kappa shape index (κ3) is 44.0. The second kappa shape index (κ2) is 42.4. The van der Waals surface area contributed by atoms with Crippen LogP contribution >= 0.6 is 0 Å². The number of rotatable bonds is 28. The zero-order valence-corrected chi connectivity index (χ0v) is 27.7. The average Bonchev–Trinajstić information content (AvgIpc) is 2.86. The fourth-order valence-electron chi connectivity index (χ4n) is 4.08. The van der Waals surface area contributed by atoms with E-state index >= 15 is 0 Å². The first-order chi connectivity index (χ1) is 17.6. The van der Waals surface area contributed by atoms with Crippen molar-refractivity contribution in [2.45, 2.75) is 144 Å². The second-order valence-corrected chi connectivity index (χ2v) is 10.5. The molecule has 0 saturated carbocycles. The van der Waals surface area contributed by atoms with Gasteiger partial charge in [-0.1, -0.05) is 104 Å². The number of unbranched alkanes of at least 4 members (excludes halogenated alkanes) is 8. The Morgan fingerprint density at radius 3 is 1.13 bits per heavy atom. The van der Waals surface area contributed by atoms with Crippen LogP contribution in [0.1, 0.15) is 144 Å². The van der Waals surface area contributed by atoms with Crippen LogP contribution < -0.4 is 0 Å². The van der Waals surface area contributed by atoms with E-state index in [0.717, 1.165) is 51.1 Å². The molecule has 4 nitrogen and oxygen atoms in total. The van der Waals surface area contributed by atoms with Crippen LogP contribution in [0.4, 0.5) is 0 Å².